The summed E-state index contributed by atoms with van der Waals surface area (Å²) in [7, 11) is 1.72. The number of hydrogen-bond donors (Lipinski definition) is 0. The van der Waals surface area contributed by atoms with Gasteiger partial charge in [-0.15, -0.1) is 21.8 Å². The van der Waals surface area contributed by atoms with E-state index in [2.05, 4.69) is 28.6 Å². The van der Waals surface area contributed by atoms with Crippen molar-refractivity contribution in [1.29, 1.82) is 0 Å². The van der Waals surface area contributed by atoms with Gasteiger partial charge in [0.25, 0.3) is 0 Å². The Morgan fingerprint density at radius 3 is 2.50 bits per heavy atom. The van der Waals surface area contributed by atoms with Crippen LogP contribution in [0.2, 0.25) is 0 Å². The molecule has 16 heavy (non-hydrogen) atoms. The summed E-state index contributed by atoms with van der Waals surface area (Å²) in [4.78, 5) is 0. The molecule has 0 aliphatic heterocycles. The molecule has 0 unspecified atom stereocenters. The summed E-state index contributed by atoms with van der Waals surface area (Å²) in [5.41, 5.74) is -0.205. The van der Waals surface area contributed by atoms with Crippen molar-refractivity contribution in [3.8, 4) is 0 Å². The van der Waals surface area contributed by atoms with Crippen LogP contribution in [0.5, 0.6) is 0 Å². The van der Waals surface area contributed by atoms with Gasteiger partial charge in [-0.05, 0) is 26.7 Å². The first kappa shape index (κ1) is 11.9. The van der Waals surface area contributed by atoms with E-state index in [9.17, 15) is 0 Å². The zero-order valence-electron chi connectivity index (χ0n) is 10.0. The lowest BCUT2D eigenvalue weighted by Gasteiger charge is -2.22. The fourth-order valence-electron chi connectivity index (χ4n) is 1.78. The zero-order chi connectivity index (χ0) is 11.8. The maximum atomic E-state index is 5.87. The van der Waals surface area contributed by atoms with Gasteiger partial charge in [0, 0.05) is 19.6 Å². The highest BCUT2D eigenvalue weighted by Crippen LogP contribution is 2.37. The molecule has 1 aromatic heterocycles. The standard InChI is InChI=1S/C11H18ClN3O/c1-11(2,16-3)6-9-13-14-10(7-12)15(9)8-4-5-8/h8H,4-7H2,1-3H3. The molecule has 0 atom stereocenters. The fraction of sp³-hybridized carbons (Fsp3) is 0.818. The Balaban J connectivity index is 2.23. The van der Waals surface area contributed by atoms with E-state index in [1.165, 1.54) is 12.8 Å². The summed E-state index contributed by atoms with van der Waals surface area (Å²) in [6, 6.07) is 0.561. The van der Waals surface area contributed by atoms with Crippen LogP contribution in [0, 0.1) is 0 Å². The fourth-order valence-corrected chi connectivity index (χ4v) is 1.96. The molecule has 0 saturated heterocycles. The Kier molecular flexibility index (Phi) is 3.22. The largest absolute Gasteiger partial charge is 0.378 e. The van der Waals surface area contributed by atoms with Crippen molar-refractivity contribution in [3.63, 3.8) is 0 Å². The molecular weight excluding hydrogens is 226 g/mol. The molecule has 1 aliphatic carbocycles. The predicted octanol–water partition coefficient (Wildman–Crippen LogP) is 2.32. The van der Waals surface area contributed by atoms with Crippen LogP contribution in [-0.2, 0) is 17.0 Å². The first-order valence-corrected chi connectivity index (χ1v) is 6.14. The molecule has 1 fully saturated rings. The second kappa shape index (κ2) is 4.34. The minimum absolute atomic E-state index is 0.205. The highest BCUT2D eigenvalue weighted by Gasteiger charge is 2.31. The second-order valence-electron chi connectivity index (χ2n) is 4.91. The average Bonchev–Trinajstić information content (AvgIpc) is 3.01. The molecule has 0 amide bonds. The number of rotatable bonds is 5. The van der Waals surface area contributed by atoms with Gasteiger partial charge in [0.1, 0.15) is 11.6 Å². The molecule has 0 bridgehead atoms. The molecule has 1 saturated carbocycles. The SMILES string of the molecule is COC(C)(C)Cc1nnc(CCl)n1C1CC1. The third-order valence-corrected chi connectivity index (χ3v) is 3.24. The summed E-state index contributed by atoms with van der Waals surface area (Å²) in [6.45, 7) is 4.11. The lowest BCUT2D eigenvalue weighted by atomic mass is 10.0. The van der Waals surface area contributed by atoms with E-state index < -0.39 is 0 Å². The predicted molar refractivity (Wildman–Crippen MR) is 62.6 cm³/mol. The number of halogens is 1. The van der Waals surface area contributed by atoms with Crippen molar-refractivity contribution < 1.29 is 4.74 Å². The number of nitrogens with zero attached hydrogens (tertiary/aromatic N) is 3. The minimum atomic E-state index is -0.205. The number of ether oxygens (including phenoxy) is 1. The van der Waals surface area contributed by atoms with Crippen molar-refractivity contribution >= 4 is 11.6 Å². The topological polar surface area (TPSA) is 39.9 Å². The van der Waals surface area contributed by atoms with Crippen LogP contribution in [0.1, 0.15) is 44.4 Å². The van der Waals surface area contributed by atoms with Gasteiger partial charge in [-0.2, -0.15) is 0 Å². The van der Waals surface area contributed by atoms with Crippen LogP contribution in [0.4, 0.5) is 0 Å². The summed E-state index contributed by atoms with van der Waals surface area (Å²) >= 11 is 5.87. The quantitative estimate of drug-likeness (QED) is 0.746. The van der Waals surface area contributed by atoms with Crippen LogP contribution in [-0.4, -0.2) is 27.5 Å². The zero-order valence-corrected chi connectivity index (χ0v) is 10.8. The summed E-state index contributed by atoms with van der Waals surface area (Å²) in [5, 5.41) is 8.37. The van der Waals surface area contributed by atoms with Gasteiger partial charge >= 0.3 is 0 Å². The Bertz CT molecular complexity index is 371. The maximum absolute atomic E-state index is 5.87. The minimum Gasteiger partial charge on any atom is -0.378 e. The molecule has 0 radical (unpaired) electrons. The van der Waals surface area contributed by atoms with Crippen LogP contribution in [0.15, 0.2) is 0 Å². The van der Waals surface area contributed by atoms with Crippen molar-refractivity contribution in [1.82, 2.24) is 14.8 Å². The van der Waals surface area contributed by atoms with Crippen LogP contribution in [0.25, 0.3) is 0 Å². The molecule has 2 rings (SSSR count). The molecule has 1 aliphatic rings. The summed E-state index contributed by atoms with van der Waals surface area (Å²) in [6.07, 6.45) is 3.19. The number of hydrogen-bond acceptors (Lipinski definition) is 3. The van der Waals surface area contributed by atoms with Crippen LogP contribution >= 0.6 is 11.6 Å². The molecule has 1 aromatic rings. The summed E-state index contributed by atoms with van der Waals surface area (Å²) < 4.78 is 7.61. The number of aromatic nitrogens is 3. The van der Waals surface area contributed by atoms with E-state index in [1.807, 2.05) is 0 Å². The average molecular weight is 244 g/mol. The Labute approximate surface area is 101 Å². The molecule has 5 heteroatoms. The number of methoxy groups -OCH3 is 1. The van der Waals surface area contributed by atoms with Crippen LogP contribution < -0.4 is 0 Å². The van der Waals surface area contributed by atoms with E-state index >= 15 is 0 Å². The van der Waals surface area contributed by atoms with Gasteiger partial charge in [0.05, 0.1) is 11.5 Å². The molecule has 4 nitrogen and oxygen atoms in total. The van der Waals surface area contributed by atoms with Gasteiger partial charge in [0.2, 0.25) is 0 Å². The van der Waals surface area contributed by atoms with Crippen molar-refractivity contribution in [2.24, 2.45) is 0 Å². The highest BCUT2D eigenvalue weighted by atomic mass is 35.5. The first-order chi connectivity index (χ1) is 7.57. The molecular formula is C11H18ClN3O. The van der Waals surface area contributed by atoms with E-state index in [1.54, 1.807) is 7.11 Å². The molecule has 0 spiro atoms. The lowest BCUT2D eigenvalue weighted by Crippen LogP contribution is -2.27. The van der Waals surface area contributed by atoms with Crippen molar-refractivity contribution in [2.45, 2.75) is 50.6 Å². The maximum Gasteiger partial charge on any atom is 0.148 e. The number of alkyl halides is 1. The highest BCUT2D eigenvalue weighted by molar-refractivity contribution is 6.16. The normalized spacial score (nSPS) is 16.8. The van der Waals surface area contributed by atoms with E-state index in [0.717, 1.165) is 18.1 Å². The van der Waals surface area contributed by atoms with Crippen molar-refractivity contribution in [3.05, 3.63) is 11.6 Å². The Morgan fingerprint density at radius 2 is 2.00 bits per heavy atom. The Hall–Kier alpha value is -0.610. The first-order valence-electron chi connectivity index (χ1n) is 5.61. The molecule has 1 heterocycles. The van der Waals surface area contributed by atoms with E-state index in [0.29, 0.717) is 11.9 Å². The third-order valence-electron chi connectivity index (χ3n) is 3.00. The van der Waals surface area contributed by atoms with E-state index in [-0.39, 0.29) is 5.60 Å². The lowest BCUT2D eigenvalue weighted by molar-refractivity contribution is 0.0208. The van der Waals surface area contributed by atoms with Crippen LogP contribution in [0.3, 0.4) is 0 Å². The second-order valence-corrected chi connectivity index (χ2v) is 5.18. The third kappa shape index (κ3) is 2.38. The smallest absolute Gasteiger partial charge is 0.148 e. The van der Waals surface area contributed by atoms with Crippen molar-refractivity contribution in [2.75, 3.05) is 7.11 Å². The van der Waals surface area contributed by atoms with Gasteiger partial charge in [-0.1, -0.05) is 0 Å². The summed E-state index contributed by atoms with van der Waals surface area (Å²) in [5.74, 6) is 2.30. The van der Waals surface area contributed by atoms with Gasteiger partial charge < -0.3 is 9.30 Å². The van der Waals surface area contributed by atoms with Gasteiger partial charge in [-0.3, -0.25) is 0 Å². The van der Waals surface area contributed by atoms with E-state index in [4.69, 9.17) is 16.3 Å². The molecule has 90 valence electrons. The monoisotopic (exact) mass is 243 g/mol. The Morgan fingerprint density at radius 1 is 1.38 bits per heavy atom. The molecule has 0 N–H and O–H groups in total. The van der Waals surface area contributed by atoms with Gasteiger partial charge in [0.15, 0.2) is 0 Å². The molecule has 0 aromatic carbocycles. The van der Waals surface area contributed by atoms with Gasteiger partial charge in [-0.25, -0.2) is 0 Å².